The zero-order valence-corrected chi connectivity index (χ0v) is 17.4. The van der Waals surface area contributed by atoms with Gasteiger partial charge in [-0.05, 0) is 49.0 Å². The van der Waals surface area contributed by atoms with E-state index in [0.29, 0.717) is 18.0 Å². The molecule has 1 aliphatic carbocycles. The van der Waals surface area contributed by atoms with Crippen LogP contribution in [0.4, 0.5) is 5.69 Å². The topological polar surface area (TPSA) is 118 Å². The second-order valence-corrected chi connectivity index (χ2v) is 8.60. The molecular formula is C23H23N5O4. The first kappa shape index (κ1) is 19.0. The molecule has 9 nitrogen and oxygen atoms in total. The molecule has 4 N–H and O–H groups in total. The van der Waals surface area contributed by atoms with Gasteiger partial charge >= 0.3 is 0 Å². The van der Waals surface area contributed by atoms with Crippen molar-refractivity contribution in [2.24, 2.45) is 16.6 Å². The van der Waals surface area contributed by atoms with Gasteiger partial charge in [0.1, 0.15) is 30.5 Å². The molecule has 0 radical (unpaired) electrons. The molecule has 32 heavy (non-hydrogen) atoms. The number of benzene rings is 1. The number of nitrogens with two attached hydrogens (primary N) is 1. The molecule has 1 saturated carbocycles. The molecule has 4 aliphatic heterocycles. The molecule has 5 aliphatic rings. The van der Waals surface area contributed by atoms with Crippen molar-refractivity contribution in [2.45, 2.75) is 25.3 Å². The molecule has 1 atom stereocenters. The fraction of sp³-hybridized carbons (Fsp3) is 0.348. The first-order chi connectivity index (χ1) is 15.6. The molecule has 0 aromatic heterocycles. The number of rotatable bonds is 5. The summed E-state index contributed by atoms with van der Waals surface area (Å²) in [6.45, 7) is 1.29. The summed E-state index contributed by atoms with van der Waals surface area (Å²) in [6.07, 6.45) is 6.34. The normalized spacial score (nSPS) is 22.2. The lowest BCUT2D eigenvalue weighted by molar-refractivity contribution is -0.120. The van der Waals surface area contributed by atoms with Gasteiger partial charge in [0.25, 0.3) is 5.91 Å². The van der Waals surface area contributed by atoms with Crippen molar-refractivity contribution in [3.05, 3.63) is 58.8 Å². The van der Waals surface area contributed by atoms with Crippen LogP contribution in [-0.2, 0) is 14.3 Å². The van der Waals surface area contributed by atoms with Crippen LogP contribution < -0.4 is 21.1 Å². The summed E-state index contributed by atoms with van der Waals surface area (Å²) in [5.41, 5.74) is 11.1. The average molecular weight is 433 g/mol. The highest BCUT2D eigenvalue weighted by atomic mass is 16.5. The highest BCUT2D eigenvalue weighted by Gasteiger charge is 2.39. The van der Waals surface area contributed by atoms with Gasteiger partial charge in [-0.2, -0.15) is 0 Å². The minimum atomic E-state index is -0.419. The summed E-state index contributed by atoms with van der Waals surface area (Å²) in [5, 5.41) is 6.18. The number of nitrogens with one attached hydrogen (secondary N) is 2. The number of anilines is 1. The summed E-state index contributed by atoms with van der Waals surface area (Å²) in [4.78, 5) is 30.7. The Morgan fingerprint density at radius 3 is 3.00 bits per heavy atom. The van der Waals surface area contributed by atoms with Crippen LogP contribution in [0.3, 0.4) is 0 Å². The van der Waals surface area contributed by atoms with Gasteiger partial charge in [-0.25, -0.2) is 4.99 Å². The Hall–Kier alpha value is -3.75. The minimum Gasteiger partial charge on any atom is -0.495 e. The van der Waals surface area contributed by atoms with Crippen LogP contribution >= 0.6 is 0 Å². The lowest BCUT2D eigenvalue weighted by Gasteiger charge is -2.31. The Balaban J connectivity index is 1.37. The largest absolute Gasteiger partial charge is 0.495 e. The van der Waals surface area contributed by atoms with E-state index < -0.39 is 6.04 Å². The van der Waals surface area contributed by atoms with E-state index in [4.69, 9.17) is 20.2 Å². The fourth-order valence-electron chi connectivity index (χ4n) is 4.68. The summed E-state index contributed by atoms with van der Waals surface area (Å²) >= 11 is 0. The van der Waals surface area contributed by atoms with Crippen molar-refractivity contribution in [1.82, 2.24) is 10.2 Å². The molecule has 9 heteroatoms. The van der Waals surface area contributed by atoms with Gasteiger partial charge in [0, 0.05) is 23.9 Å². The predicted octanol–water partition coefficient (Wildman–Crippen LogP) is 1.35. The second-order valence-electron chi connectivity index (χ2n) is 8.60. The van der Waals surface area contributed by atoms with Gasteiger partial charge in [0.2, 0.25) is 5.91 Å². The van der Waals surface area contributed by atoms with Crippen molar-refractivity contribution in [3.8, 4) is 5.75 Å². The van der Waals surface area contributed by atoms with E-state index in [2.05, 4.69) is 15.5 Å². The zero-order chi connectivity index (χ0) is 21.8. The maximum absolute atomic E-state index is 12.0. The van der Waals surface area contributed by atoms with Gasteiger partial charge in [0.05, 0.1) is 17.1 Å². The molecule has 1 aromatic carbocycles. The number of nitrogens with zero attached hydrogens (tertiary/aromatic N) is 2. The maximum atomic E-state index is 12.0. The third-order valence-corrected chi connectivity index (χ3v) is 6.40. The number of ether oxygens (including phenoxy) is 2. The number of aliphatic imine (C=N–C) groups is 1. The van der Waals surface area contributed by atoms with Gasteiger partial charge in [-0.15, -0.1) is 0 Å². The minimum absolute atomic E-state index is 0.0248. The number of fused-ring (bicyclic) bond motifs is 1. The zero-order valence-electron chi connectivity index (χ0n) is 17.4. The highest BCUT2D eigenvalue weighted by Crippen LogP contribution is 2.40. The van der Waals surface area contributed by atoms with Crippen molar-refractivity contribution in [1.29, 1.82) is 0 Å². The standard InChI is InChI=1S/C23H23N5O4/c24-22(30)20(12-1-2-12)27-17-10-31-9-14-5-6-28-21(14)15(17)8-25-23(28)13-3-4-18-16(7-13)26-19(29)11-32-18/h3-4,7-8,10,12,20,27H,1-2,5-6,9,11H2,(H2,24,30)(H,26,29). The Morgan fingerprint density at radius 2 is 2.19 bits per heavy atom. The molecule has 0 bridgehead atoms. The van der Waals surface area contributed by atoms with Gasteiger partial charge in [-0.3, -0.25) is 9.59 Å². The van der Waals surface area contributed by atoms with Gasteiger partial charge in [-0.1, -0.05) is 0 Å². The number of amidine groups is 1. The Bertz CT molecular complexity index is 1160. The molecule has 1 aromatic rings. The van der Waals surface area contributed by atoms with E-state index in [1.54, 1.807) is 6.26 Å². The average Bonchev–Trinajstić information content (AvgIpc) is 3.56. The van der Waals surface area contributed by atoms with E-state index in [-0.39, 0.29) is 24.3 Å². The van der Waals surface area contributed by atoms with Crippen LogP contribution in [0.5, 0.6) is 5.75 Å². The van der Waals surface area contributed by atoms with Crippen LogP contribution in [0.25, 0.3) is 0 Å². The molecule has 0 saturated heterocycles. The van der Waals surface area contributed by atoms with E-state index >= 15 is 0 Å². The molecule has 1 unspecified atom stereocenters. The monoisotopic (exact) mass is 433 g/mol. The smallest absolute Gasteiger partial charge is 0.262 e. The number of carbonyl (C=O) groups is 2. The van der Waals surface area contributed by atoms with Crippen molar-refractivity contribution in [2.75, 3.05) is 25.1 Å². The van der Waals surface area contributed by atoms with E-state index in [9.17, 15) is 9.59 Å². The number of hydrogen-bond donors (Lipinski definition) is 3. The van der Waals surface area contributed by atoms with Crippen LogP contribution in [0.1, 0.15) is 24.8 Å². The fourth-order valence-corrected chi connectivity index (χ4v) is 4.68. The maximum Gasteiger partial charge on any atom is 0.262 e. The number of carbonyl (C=O) groups excluding carboxylic acids is 2. The molecular weight excluding hydrogens is 410 g/mol. The van der Waals surface area contributed by atoms with Crippen molar-refractivity contribution in [3.63, 3.8) is 0 Å². The lowest BCUT2D eigenvalue weighted by Crippen LogP contribution is -2.43. The molecule has 6 rings (SSSR count). The van der Waals surface area contributed by atoms with Crippen LogP contribution in [0, 0.1) is 5.92 Å². The molecule has 4 heterocycles. The summed E-state index contributed by atoms with van der Waals surface area (Å²) in [7, 11) is 0. The SMILES string of the molecule is NC(=O)C(NC1=COCC2=C3C1=CN=C(c1ccc4c(c1)NC(=O)CO4)N3CC2)C1CC1. The number of primary amides is 1. The second kappa shape index (κ2) is 7.15. The van der Waals surface area contributed by atoms with E-state index in [0.717, 1.165) is 54.2 Å². The van der Waals surface area contributed by atoms with Gasteiger partial charge in [0.15, 0.2) is 6.61 Å². The van der Waals surface area contributed by atoms with Crippen LogP contribution in [0.15, 0.2) is 58.2 Å². The Morgan fingerprint density at radius 1 is 1.31 bits per heavy atom. The van der Waals surface area contributed by atoms with E-state index in [1.165, 1.54) is 5.57 Å². The van der Waals surface area contributed by atoms with E-state index in [1.807, 2.05) is 24.4 Å². The Kier molecular flexibility index (Phi) is 4.24. The van der Waals surface area contributed by atoms with Crippen molar-refractivity contribution < 1.29 is 19.1 Å². The molecule has 2 amide bonds. The third-order valence-electron chi connectivity index (χ3n) is 6.40. The molecule has 164 valence electrons. The number of hydrogen-bond acceptors (Lipinski definition) is 7. The molecule has 0 spiro atoms. The highest BCUT2D eigenvalue weighted by molar-refractivity contribution is 6.04. The quantitative estimate of drug-likeness (QED) is 0.645. The van der Waals surface area contributed by atoms with Crippen LogP contribution in [-0.4, -0.2) is 48.4 Å². The van der Waals surface area contributed by atoms with Crippen molar-refractivity contribution >= 4 is 23.3 Å². The summed E-state index contributed by atoms with van der Waals surface area (Å²) in [6, 6.07) is 5.27. The first-order valence-electron chi connectivity index (χ1n) is 10.8. The molecule has 1 fully saturated rings. The predicted molar refractivity (Wildman–Crippen MR) is 116 cm³/mol. The van der Waals surface area contributed by atoms with Gasteiger partial charge < -0.3 is 30.7 Å². The summed E-state index contributed by atoms with van der Waals surface area (Å²) < 4.78 is 11.3. The van der Waals surface area contributed by atoms with Crippen LogP contribution in [0.2, 0.25) is 0 Å². The third kappa shape index (κ3) is 3.12. The summed E-state index contributed by atoms with van der Waals surface area (Å²) in [5.74, 6) is 1.19. The lowest BCUT2D eigenvalue weighted by atomic mass is 10.0. The first-order valence-corrected chi connectivity index (χ1v) is 10.8. The number of amides is 2. The Labute approximate surface area is 184 Å².